The molecule has 3 rings (SSSR count). The van der Waals surface area contributed by atoms with E-state index >= 15 is 0 Å². The Morgan fingerprint density at radius 2 is 2.44 bits per heavy atom. The van der Waals surface area contributed by atoms with Crippen molar-refractivity contribution < 1.29 is 4.52 Å². The fourth-order valence-corrected chi connectivity index (χ4v) is 2.33. The van der Waals surface area contributed by atoms with Crippen LogP contribution in [-0.4, -0.2) is 20.3 Å². The van der Waals surface area contributed by atoms with Gasteiger partial charge < -0.3 is 4.52 Å². The van der Waals surface area contributed by atoms with Crippen molar-refractivity contribution in [3.05, 3.63) is 39.4 Å². The van der Waals surface area contributed by atoms with Crippen LogP contribution in [0, 0.1) is 0 Å². The average Bonchev–Trinajstić information content (AvgIpc) is 2.86. The van der Waals surface area contributed by atoms with Crippen molar-refractivity contribution in [2.24, 2.45) is 0 Å². The van der Waals surface area contributed by atoms with Crippen molar-refractivity contribution in [2.45, 2.75) is 38.5 Å². The zero-order valence-electron chi connectivity index (χ0n) is 10.1. The summed E-state index contributed by atoms with van der Waals surface area (Å²) in [6, 6.07) is 1.62. The predicted octanol–water partition coefficient (Wildman–Crippen LogP) is 0.988. The summed E-state index contributed by atoms with van der Waals surface area (Å²) in [6.07, 6.45) is 3.28. The number of nitrogens with zero attached hydrogens (tertiary/aromatic N) is 3. The molecule has 94 valence electrons. The van der Waals surface area contributed by atoms with Gasteiger partial charge >= 0.3 is 0 Å². The number of nitrogens with one attached hydrogen (secondary N) is 1. The van der Waals surface area contributed by atoms with Crippen molar-refractivity contribution in [1.29, 1.82) is 0 Å². The van der Waals surface area contributed by atoms with Gasteiger partial charge in [0.1, 0.15) is 0 Å². The summed E-state index contributed by atoms with van der Waals surface area (Å²) in [7, 11) is 0. The van der Waals surface area contributed by atoms with Crippen LogP contribution in [0.2, 0.25) is 0 Å². The first-order valence-corrected chi connectivity index (χ1v) is 6.16. The summed E-state index contributed by atoms with van der Waals surface area (Å²) in [6.45, 7) is 1.99. The molecule has 1 aliphatic carbocycles. The first-order valence-electron chi connectivity index (χ1n) is 6.16. The second-order valence-electron chi connectivity index (χ2n) is 4.55. The van der Waals surface area contributed by atoms with E-state index in [0.717, 1.165) is 42.8 Å². The zero-order chi connectivity index (χ0) is 12.5. The minimum atomic E-state index is -0.158. The van der Waals surface area contributed by atoms with E-state index in [1.807, 2.05) is 6.92 Å². The predicted molar refractivity (Wildman–Crippen MR) is 63.3 cm³/mol. The number of hydrogen-bond donors (Lipinski definition) is 1. The van der Waals surface area contributed by atoms with Crippen LogP contribution < -0.4 is 5.56 Å². The van der Waals surface area contributed by atoms with Crippen molar-refractivity contribution in [1.82, 2.24) is 20.3 Å². The summed E-state index contributed by atoms with van der Waals surface area (Å²) >= 11 is 0. The third kappa shape index (κ3) is 1.94. The third-order valence-electron chi connectivity index (χ3n) is 3.32. The van der Waals surface area contributed by atoms with Gasteiger partial charge in [-0.3, -0.25) is 4.79 Å². The van der Waals surface area contributed by atoms with E-state index in [2.05, 4.69) is 20.3 Å². The first-order chi connectivity index (χ1) is 8.76. The maximum atomic E-state index is 11.3. The van der Waals surface area contributed by atoms with E-state index < -0.39 is 0 Å². The Morgan fingerprint density at radius 3 is 3.22 bits per heavy atom. The van der Waals surface area contributed by atoms with Crippen molar-refractivity contribution in [2.75, 3.05) is 0 Å². The van der Waals surface area contributed by atoms with E-state index in [9.17, 15) is 4.79 Å². The van der Waals surface area contributed by atoms with Gasteiger partial charge in [0.05, 0.1) is 5.69 Å². The van der Waals surface area contributed by atoms with E-state index in [-0.39, 0.29) is 11.5 Å². The third-order valence-corrected chi connectivity index (χ3v) is 3.32. The van der Waals surface area contributed by atoms with Crippen molar-refractivity contribution >= 4 is 0 Å². The molecule has 0 saturated carbocycles. The largest absolute Gasteiger partial charge is 0.339 e. The number of fused-ring (bicyclic) bond motifs is 1. The van der Waals surface area contributed by atoms with Crippen LogP contribution in [0.4, 0.5) is 0 Å². The molecule has 2 aromatic rings. The molecule has 6 heteroatoms. The van der Waals surface area contributed by atoms with Crippen LogP contribution in [0.5, 0.6) is 0 Å². The topological polar surface area (TPSA) is 84.7 Å². The lowest BCUT2D eigenvalue weighted by Crippen LogP contribution is -2.19. The summed E-state index contributed by atoms with van der Waals surface area (Å²) in [4.78, 5) is 15.6. The van der Waals surface area contributed by atoms with Crippen LogP contribution in [0.1, 0.15) is 42.2 Å². The summed E-state index contributed by atoms with van der Waals surface area (Å²) < 4.78 is 5.27. The summed E-state index contributed by atoms with van der Waals surface area (Å²) in [5.41, 5.74) is 1.81. The van der Waals surface area contributed by atoms with E-state index in [1.165, 1.54) is 0 Å². The Morgan fingerprint density at radius 1 is 1.56 bits per heavy atom. The van der Waals surface area contributed by atoms with E-state index in [0.29, 0.717) is 5.89 Å². The SMILES string of the molecule is CCc1noc([C@@H]2CCc3n[nH]c(=O)cc3C2)n1. The average molecular weight is 246 g/mol. The highest BCUT2D eigenvalue weighted by molar-refractivity contribution is 5.23. The maximum Gasteiger partial charge on any atom is 0.264 e. The Labute approximate surface area is 103 Å². The Kier molecular flexibility index (Phi) is 2.70. The van der Waals surface area contributed by atoms with Gasteiger partial charge in [0.15, 0.2) is 5.82 Å². The minimum Gasteiger partial charge on any atom is -0.339 e. The molecule has 18 heavy (non-hydrogen) atoms. The van der Waals surface area contributed by atoms with Gasteiger partial charge in [0.2, 0.25) is 5.89 Å². The van der Waals surface area contributed by atoms with Crippen molar-refractivity contribution in [3.8, 4) is 0 Å². The molecule has 0 spiro atoms. The van der Waals surface area contributed by atoms with Gasteiger partial charge in [-0.15, -0.1) is 0 Å². The molecular weight excluding hydrogens is 232 g/mol. The van der Waals surface area contributed by atoms with Crippen LogP contribution in [-0.2, 0) is 19.3 Å². The Bertz CT molecular complexity index is 617. The molecule has 0 bridgehead atoms. The fourth-order valence-electron chi connectivity index (χ4n) is 2.33. The van der Waals surface area contributed by atoms with Gasteiger partial charge in [0, 0.05) is 18.4 Å². The molecule has 0 radical (unpaired) electrons. The lowest BCUT2D eigenvalue weighted by atomic mass is 9.87. The number of aromatic amines is 1. The lowest BCUT2D eigenvalue weighted by molar-refractivity contribution is 0.336. The molecule has 0 unspecified atom stereocenters. The number of rotatable bonds is 2. The van der Waals surface area contributed by atoms with Crippen LogP contribution in [0.25, 0.3) is 0 Å². The van der Waals surface area contributed by atoms with Gasteiger partial charge in [-0.05, 0) is 24.8 Å². The minimum absolute atomic E-state index is 0.158. The molecule has 0 aliphatic heterocycles. The standard InChI is InChI=1S/C12H14N4O2/c1-2-10-13-12(18-16-10)7-3-4-9-8(5-7)6-11(17)15-14-9/h6-7H,2-5H2,1H3,(H,15,17)/t7-/m1/s1. The fraction of sp³-hybridized carbons (Fsp3) is 0.500. The van der Waals surface area contributed by atoms with Gasteiger partial charge in [-0.25, -0.2) is 5.10 Å². The van der Waals surface area contributed by atoms with Gasteiger partial charge in [-0.2, -0.15) is 10.1 Å². The molecule has 0 aromatic carbocycles. The van der Waals surface area contributed by atoms with Crippen molar-refractivity contribution in [3.63, 3.8) is 0 Å². The lowest BCUT2D eigenvalue weighted by Gasteiger charge is -2.19. The smallest absolute Gasteiger partial charge is 0.264 e. The summed E-state index contributed by atoms with van der Waals surface area (Å²) in [5, 5.41) is 10.4. The maximum absolute atomic E-state index is 11.3. The number of aromatic nitrogens is 4. The highest BCUT2D eigenvalue weighted by atomic mass is 16.5. The Hall–Kier alpha value is -1.98. The molecule has 2 aromatic heterocycles. The first kappa shape index (κ1) is 11.1. The van der Waals surface area contributed by atoms with Gasteiger partial charge in [-0.1, -0.05) is 12.1 Å². The normalized spacial score (nSPS) is 18.6. The molecule has 0 amide bonds. The molecule has 1 atom stereocenters. The van der Waals surface area contributed by atoms with E-state index in [4.69, 9.17) is 4.52 Å². The molecular formula is C12H14N4O2. The van der Waals surface area contributed by atoms with E-state index in [1.54, 1.807) is 6.07 Å². The highest BCUT2D eigenvalue weighted by Crippen LogP contribution is 2.29. The zero-order valence-corrected chi connectivity index (χ0v) is 10.1. The quantitative estimate of drug-likeness (QED) is 0.854. The number of hydrogen-bond acceptors (Lipinski definition) is 5. The molecule has 2 heterocycles. The molecule has 0 saturated heterocycles. The molecule has 1 N–H and O–H groups in total. The molecule has 0 fully saturated rings. The Balaban J connectivity index is 1.87. The molecule has 1 aliphatic rings. The van der Waals surface area contributed by atoms with Crippen LogP contribution >= 0.6 is 0 Å². The monoisotopic (exact) mass is 246 g/mol. The second kappa shape index (κ2) is 4.36. The highest BCUT2D eigenvalue weighted by Gasteiger charge is 2.25. The summed E-state index contributed by atoms with van der Waals surface area (Å²) in [5.74, 6) is 1.62. The number of H-pyrrole nitrogens is 1. The van der Waals surface area contributed by atoms with Gasteiger partial charge in [0.25, 0.3) is 5.56 Å². The second-order valence-corrected chi connectivity index (χ2v) is 4.55. The number of aryl methyl sites for hydroxylation is 2. The molecule has 6 nitrogen and oxygen atoms in total. The van der Waals surface area contributed by atoms with Crippen LogP contribution in [0.3, 0.4) is 0 Å². The van der Waals surface area contributed by atoms with Crippen LogP contribution in [0.15, 0.2) is 15.4 Å².